The Labute approximate surface area is 113 Å². The summed E-state index contributed by atoms with van der Waals surface area (Å²) in [5.74, 6) is -0.660. The minimum absolute atomic E-state index is 0.336. The molecule has 1 N–H and O–H groups in total. The van der Waals surface area contributed by atoms with Crippen molar-refractivity contribution in [1.82, 2.24) is 0 Å². The Hall–Kier alpha value is -0.530. The van der Waals surface area contributed by atoms with Crippen molar-refractivity contribution in [3.8, 4) is 0 Å². The molecule has 2 nitrogen and oxygen atoms in total. The molecule has 0 saturated heterocycles. The SMILES string of the molecule is CCCCCC(C)(C)CCCCCCCC(=O)O. The zero-order chi connectivity index (χ0) is 13.9. The molecule has 108 valence electrons. The topological polar surface area (TPSA) is 37.3 Å². The molecule has 0 atom stereocenters. The van der Waals surface area contributed by atoms with E-state index in [0.717, 1.165) is 12.8 Å². The van der Waals surface area contributed by atoms with Crippen molar-refractivity contribution in [2.45, 2.75) is 91.4 Å². The first-order valence-corrected chi connectivity index (χ1v) is 7.70. The molecule has 0 amide bonds. The van der Waals surface area contributed by atoms with Crippen LogP contribution in [0, 0.1) is 5.41 Å². The molecule has 0 radical (unpaired) electrons. The van der Waals surface area contributed by atoms with Gasteiger partial charge in [0, 0.05) is 6.42 Å². The van der Waals surface area contributed by atoms with Gasteiger partial charge >= 0.3 is 5.97 Å². The fourth-order valence-electron chi connectivity index (χ4n) is 2.39. The van der Waals surface area contributed by atoms with Crippen LogP contribution in [-0.2, 0) is 4.79 Å². The van der Waals surface area contributed by atoms with Crippen LogP contribution in [0.15, 0.2) is 0 Å². The van der Waals surface area contributed by atoms with Crippen LogP contribution >= 0.6 is 0 Å². The lowest BCUT2D eigenvalue weighted by Gasteiger charge is -2.24. The first kappa shape index (κ1) is 17.5. The van der Waals surface area contributed by atoms with Gasteiger partial charge in [-0.15, -0.1) is 0 Å². The highest BCUT2D eigenvalue weighted by Gasteiger charge is 2.16. The highest BCUT2D eigenvalue weighted by atomic mass is 16.4. The van der Waals surface area contributed by atoms with Crippen molar-refractivity contribution in [2.24, 2.45) is 5.41 Å². The number of carbonyl (C=O) groups is 1. The minimum atomic E-state index is -0.660. The molecule has 18 heavy (non-hydrogen) atoms. The Bertz CT molecular complexity index is 209. The summed E-state index contributed by atoms with van der Waals surface area (Å²) < 4.78 is 0. The van der Waals surface area contributed by atoms with Gasteiger partial charge in [-0.1, -0.05) is 65.7 Å². The molecule has 0 aliphatic rings. The lowest BCUT2D eigenvalue weighted by Crippen LogP contribution is -2.10. The average Bonchev–Trinajstić information content (AvgIpc) is 2.27. The summed E-state index contributed by atoms with van der Waals surface area (Å²) in [4.78, 5) is 10.3. The third-order valence-electron chi connectivity index (χ3n) is 3.70. The Morgan fingerprint density at radius 3 is 1.94 bits per heavy atom. The normalized spacial score (nSPS) is 11.7. The van der Waals surface area contributed by atoms with E-state index >= 15 is 0 Å². The molecule has 0 bridgehead atoms. The van der Waals surface area contributed by atoms with E-state index in [9.17, 15) is 4.79 Å². The predicted octanol–water partition coefficient (Wildman–Crippen LogP) is 5.41. The molecule has 0 aromatic rings. The zero-order valence-electron chi connectivity index (χ0n) is 12.6. The highest BCUT2D eigenvalue weighted by Crippen LogP contribution is 2.30. The van der Waals surface area contributed by atoms with E-state index in [0.29, 0.717) is 11.8 Å². The standard InChI is InChI=1S/C16H32O2/c1-4-5-10-13-16(2,3)14-11-8-6-7-9-12-15(17)18/h4-14H2,1-3H3,(H,17,18). The van der Waals surface area contributed by atoms with Crippen LogP contribution in [0.5, 0.6) is 0 Å². The van der Waals surface area contributed by atoms with Crippen molar-refractivity contribution in [2.75, 3.05) is 0 Å². The predicted molar refractivity (Wildman–Crippen MR) is 77.9 cm³/mol. The molecular weight excluding hydrogens is 224 g/mol. The third kappa shape index (κ3) is 11.9. The molecule has 0 aliphatic carbocycles. The number of unbranched alkanes of at least 4 members (excludes halogenated alkanes) is 6. The molecular formula is C16H32O2. The first-order valence-electron chi connectivity index (χ1n) is 7.70. The lowest BCUT2D eigenvalue weighted by molar-refractivity contribution is -0.137. The Kier molecular flexibility index (Phi) is 10.1. The Balaban J connectivity index is 3.38. The summed E-state index contributed by atoms with van der Waals surface area (Å²) in [6.45, 7) is 7.02. The van der Waals surface area contributed by atoms with Crippen LogP contribution in [0.25, 0.3) is 0 Å². The Morgan fingerprint density at radius 1 is 0.889 bits per heavy atom. The Morgan fingerprint density at radius 2 is 1.39 bits per heavy atom. The highest BCUT2D eigenvalue weighted by molar-refractivity contribution is 5.66. The van der Waals surface area contributed by atoms with Gasteiger partial charge in [-0.05, 0) is 24.7 Å². The fourth-order valence-corrected chi connectivity index (χ4v) is 2.39. The summed E-state index contributed by atoms with van der Waals surface area (Å²) in [7, 11) is 0. The molecule has 0 spiro atoms. The van der Waals surface area contributed by atoms with Gasteiger partial charge in [0.25, 0.3) is 0 Å². The van der Waals surface area contributed by atoms with Crippen LogP contribution in [-0.4, -0.2) is 11.1 Å². The molecule has 2 heteroatoms. The van der Waals surface area contributed by atoms with Crippen LogP contribution in [0.2, 0.25) is 0 Å². The van der Waals surface area contributed by atoms with E-state index in [1.807, 2.05) is 0 Å². The largest absolute Gasteiger partial charge is 0.481 e. The molecule has 0 rings (SSSR count). The van der Waals surface area contributed by atoms with Gasteiger partial charge in [0.2, 0.25) is 0 Å². The summed E-state index contributed by atoms with van der Waals surface area (Å²) in [6.07, 6.45) is 12.7. The number of carboxylic acids is 1. The molecule has 0 heterocycles. The maximum absolute atomic E-state index is 10.3. The summed E-state index contributed by atoms with van der Waals surface area (Å²) in [5, 5.41) is 8.53. The van der Waals surface area contributed by atoms with E-state index < -0.39 is 5.97 Å². The maximum Gasteiger partial charge on any atom is 0.303 e. The smallest absolute Gasteiger partial charge is 0.303 e. The van der Waals surface area contributed by atoms with E-state index in [1.54, 1.807) is 0 Å². The number of rotatable bonds is 12. The van der Waals surface area contributed by atoms with Crippen LogP contribution in [0.4, 0.5) is 0 Å². The summed E-state index contributed by atoms with van der Waals surface area (Å²) >= 11 is 0. The van der Waals surface area contributed by atoms with Crippen molar-refractivity contribution in [3.05, 3.63) is 0 Å². The zero-order valence-corrected chi connectivity index (χ0v) is 12.6. The number of hydrogen-bond acceptors (Lipinski definition) is 1. The van der Waals surface area contributed by atoms with E-state index in [2.05, 4.69) is 20.8 Å². The van der Waals surface area contributed by atoms with Crippen molar-refractivity contribution >= 4 is 5.97 Å². The summed E-state index contributed by atoms with van der Waals surface area (Å²) in [6, 6.07) is 0. The van der Waals surface area contributed by atoms with Gasteiger partial charge in [0.15, 0.2) is 0 Å². The van der Waals surface area contributed by atoms with Gasteiger partial charge < -0.3 is 5.11 Å². The second-order valence-electron chi connectivity index (χ2n) is 6.28. The molecule has 0 aromatic carbocycles. The van der Waals surface area contributed by atoms with Crippen LogP contribution < -0.4 is 0 Å². The van der Waals surface area contributed by atoms with Gasteiger partial charge in [-0.2, -0.15) is 0 Å². The monoisotopic (exact) mass is 256 g/mol. The van der Waals surface area contributed by atoms with E-state index in [4.69, 9.17) is 5.11 Å². The lowest BCUT2D eigenvalue weighted by atomic mass is 9.82. The molecule has 0 aromatic heterocycles. The quantitative estimate of drug-likeness (QED) is 0.474. The van der Waals surface area contributed by atoms with Gasteiger partial charge in [0.1, 0.15) is 0 Å². The van der Waals surface area contributed by atoms with Gasteiger partial charge in [-0.3, -0.25) is 4.79 Å². The number of hydrogen-bond donors (Lipinski definition) is 1. The molecule has 0 unspecified atom stereocenters. The first-order chi connectivity index (χ1) is 8.48. The van der Waals surface area contributed by atoms with Crippen molar-refractivity contribution < 1.29 is 9.90 Å². The van der Waals surface area contributed by atoms with E-state index in [1.165, 1.54) is 51.4 Å². The minimum Gasteiger partial charge on any atom is -0.481 e. The van der Waals surface area contributed by atoms with Gasteiger partial charge in [-0.25, -0.2) is 0 Å². The van der Waals surface area contributed by atoms with Gasteiger partial charge in [0.05, 0.1) is 0 Å². The van der Waals surface area contributed by atoms with Crippen molar-refractivity contribution in [1.29, 1.82) is 0 Å². The maximum atomic E-state index is 10.3. The fraction of sp³-hybridized carbons (Fsp3) is 0.938. The second-order valence-corrected chi connectivity index (χ2v) is 6.28. The molecule has 0 saturated carbocycles. The van der Waals surface area contributed by atoms with Crippen LogP contribution in [0.3, 0.4) is 0 Å². The van der Waals surface area contributed by atoms with Crippen molar-refractivity contribution in [3.63, 3.8) is 0 Å². The van der Waals surface area contributed by atoms with E-state index in [-0.39, 0.29) is 0 Å². The molecule has 0 aliphatic heterocycles. The summed E-state index contributed by atoms with van der Waals surface area (Å²) in [5.41, 5.74) is 0.496. The number of carboxylic acid groups (broad SMARTS) is 1. The second kappa shape index (κ2) is 10.4. The average molecular weight is 256 g/mol. The van der Waals surface area contributed by atoms with Crippen LogP contribution in [0.1, 0.15) is 91.4 Å². The molecule has 0 fully saturated rings. The third-order valence-corrected chi connectivity index (χ3v) is 3.70. The number of aliphatic carboxylic acids is 1.